The summed E-state index contributed by atoms with van der Waals surface area (Å²) in [5, 5.41) is 7.97. The lowest BCUT2D eigenvalue weighted by Crippen LogP contribution is -2.11. The van der Waals surface area contributed by atoms with Crippen LogP contribution in [0.2, 0.25) is 10.0 Å². The third kappa shape index (κ3) is 3.23. The number of hydrogen-bond donors (Lipinski definition) is 1. The van der Waals surface area contributed by atoms with Crippen LogP contribution in [0.5, 0.6) is 5.75 Å². The van der Waals surface area contributed by atoms with E-state index in [4.69, 9.17) is 40.2 Å². The van der Waals surface area contributed by atoms with Crippen LogP contribution in [0.25, 0.3) is 0 Å². The second kappa shape index (κ2) is 6.43. The summed E-state index contributed by atoms with van der Waals surface area (Å²) in [6.07, 6.45) is 1.41. The van der Waals surface area contributed by atoms with Gasteiger partial charge in [-0.2, -0.15) is 5.10 Å². The predicted molar refractivity (Wildman–Crippen MR) is 83.1 cm³/mol. The summed E-state index contributed by atoms with van der Waals surface area (Å²) in [5.74, 6) is 1.18. The molecule has 1 N–H and O–H groups in total. The molecule has 0 bridgehead atoms. The molecule has 0 saturated heterocycles. The van der Waals surface area contributed by atoms with Crippen molar-refractivity contribution in [3.63, 3.8) is 0 Å². The molecular weight excluding hydrogens is 317 g/mol. The minimum Gasteiger partial charge on any atom is -0.481 e. The van der Waals surface area contributed by atoms with E-state index in [1.807, 2.05) is 11.5 Å². The van der Waals surface area contributed by atoms with Gasteiger partial charge in [-0.3, -0.25) is 9.67 Å². The Labute approximate surface area is 132 Å². The summed E-state index contributed by atoms with van der Waals surface area (Å²) in [7, 11) is 0. The molecule has 0 aliphatic heterocycles. The van der Waals surface area contributed by atoms with Crippen molar-refractivity contribution >= 4 is 35.4 Å². The maximum atomic E-state index is 6.08. The van der Waals surface area contributed by atoms with E-state index in [2.05, 4.69) is 16.8 Å². The standard InChI is InChI=1S/C13H13Cl2N3OS/c1-3-6-18-12(16-17-13(18)20)8(2)19-11-7-9(14)4-5-10(11)15/h3-5,7-8H,1,6H2,2H3,(H,17,20). The van der Waals surface area contributed by atoms with E-state index < -0.39 is 0 Å². The zero-order valence-electron chi connectivity index (χ0n) is 10.8. The van der Waals surface area contributed by atoms with E-state index in [9.17, 15) is 0 Å². The molecule has 0 spiro atoms. The van der Waals surface area contributed by atoms with Crippen molar-refractivity contribution in [1.29, 1.82) is 0 Å². The molecule has 106 valence electrons. The molecule has 1 heterocycles. The molecule has 0 aliphatic rings. The van der Waals surface area contributed by atoms with Crippen molar-refractivity contribution < 1.29 is 4.74 Å². The minimum atomic E-state index is -0.334. The quantitative estimate of drug-likeness (QED) is 0.645. The van der Waals surface area contributed by atoms with E-state index in [-0.39, 0.29) is 6.10 Å². The van der Waals surface area contributed by atoms with E-state index in [0.717, 1.165) is 0 Å². The number of nitrogens with one attached hydrogen (secondary N) is 1. The van der Waals surface area contributed by atoms with Crippen LogP contribution in [0.1, 0.15) is 18.9 Å². The monoisotopic (exact) mass is 329 g/mol. The number of hydrogen-bond acceptors (Lipinski definition) is 3. The molecule has 2 aromatic rings. The summed E-state index contributed by atoms with van der Waals surface area (Å²) in [6.45, 7) is 6.12. The van der Waals surface area contributed by atoms with Gasteiger partial charge in [0.1, 0.15) is 5.75 Å². The molecule has 0 aliphatic carbocycles. The van der Waals surface area contributed by atoms with Gasteiger partial charge in [0, 0.05) is 17.6 Å². The highest BCUT2D eigenvalue weighted by Gasteiger charge is 2.16. The maximum absolute atomic E-state index is 6.08. The summed E-state index contributed by atoms with van der Waals surface area (Å²) in [6, 6.07) is 5.06. The first-order valence-electron chi connectivity index (χ1n) is 5.90. The molecular formula is C13H13Cl2N3OS. The molecule has 0 radical (unpaired) electrons. The second-order valence-corrected chi connectivity index (χ2v) is 5.35. The highest BCUT2D eigenvalue weighted by atomic mass is 35.5. The smallest absolute Gasteiger partial charge is 0.195 e. The fourth-order valence-corrected chi connectivity index (χ4v) is 2.29. The van der Waals surface area contributed by atoms with Crippen LogP contribution >= 0.6 is 35.4 Å². The maximum Gasteiger partial charge on any atom is 0.195 e. The van der Waals surface area contributed by atoms with Crippen LogP contribution < -0.4 is 4.74 Å². The lowest BCUT2D eigenvalue weighted by molar-refractivity contribution is 0.211. The van der Waals surface area contributed by atoms with Gasteiger partial charge in [-0.1, -0.05) is 29.3 Å². The molecule has 0 saturated carbocycles. The van der Waals surface area contributed by atoms with Gasteiger partial charge in [0.15, 0.2) is 16.7 Å². The molecule has 1 aromatic carbocycles. The Bertz CT molecular complexity index is 680. The highest BCUT2D eigenvalue weighted by molar-refractivity contribution is 7.71. The number of ether oxygens (including phenoxy) is 1. The van der Waals surface area contributed by atoms with E-state index >= 15 is 0 Å². The Hall–Kier alpha value is -1.30. The molecule has 4 nitrogen and oxygen atoms in total. The number of aromatic nitrogens is 3. The highest BCUT2D eigenvalue weighted by Crippen LogP contribution is 2.31. The number of rotatable bonds is 5. The van der Waals surface area contributed by atoms with E-state index in [0.29, 0.717) is 32.9 Å². The van der Waals surface area contributed by atoms with E-state index in [1.54, 1.807) is 24.3 Å². The van der Waals surface area contributed by atoms with Crippen molar-refractivity contribution in [1.82, 2.24) is 14.8 Å². The van der Waals surface area contributed by atoms with Crippen molar-refractivity contribution in [3.8, 4) is 5.75 Å². The molecule has 1 unspecified atom stereocenters. The van der Waals surface area contributed by atoms with Crippen LogP contribution in [-0.2, 0) is 6.54 Å². The number of nitrogens with zero attached hydrogens (tertiary/aromatic N) is 2. The Morgan fingerprint density at radius 1 is 1.55 bits per heavy atom. The van der Waals surface area contributed by atoms with Gasteiger partial charge in [0.25, 0.3) is 0 Å². The summed E-state index contributed by atoms with van der Waals surface area (Å²) < 4.78 is 8.14. The van der Waals surface area contributed by atoms with Crippen molar-refractivity contribution in [3.05, 3.63) is 51.5 Å². The van der Waals surface area contributed by atoms with Crippen molar-refractivity contribution in [2.24, 2.45) is 0 Å². The van der Waals surface area contributed by atoms with Crippen LogP contribution in [0, 0.1) is 4.77 Å². The SMILES string of the molecule is C=CCn1c(C(C)Oc2cc(Cl)ccc2Cl)n[nH]c1=S. The van der Waals surface area contributed by atoms with Gasteiger partial charge in [0.2, 0.25) is 0 Å². The number of halogens is 2. The minimum absolute atomic E-state index is 0.334. The Kier molecular flexibility index (Phi) is 4.86. The van der Waals surface area contributed by atoms with Gasteiger partial charge in [0.05, 0.1) is 5.02 Å². The Morgan fingerprint density at radius 2 is 2.30 bits per heavy atom. The third-order valence-corrected chi connectivity index (χ3v) is 3.52. The van der Waals surface area contributed by atoms with Gasteiger partial charge in [-0.15, -0.1) is 6.58 Å². The molecule has 20 heavy (non-hydrogen) atoms. The van der Waals surface area contributed by atoms with Crippen molar-refractivity contribution in [2.75, 3.05) is 0 Å². The number of allylic oxidation sites excluding steroid dienone is 1. The van der Waals surface area contributed by atoms with Gasteiger partial charge < -0.3 is 4.74 Å². The Balaban J connectivity index is 2.28. The van der Waals surface area contributed by atoms with Crippen LogP contribution in [0.15, 0.2) is 30.9 Å². The fraction of sp³-hybridized carbons (Fsp3) is 0.231. The van der Waals surface area contributed by atoms with Crippen LogP contribution in [0.3, 0.4) is 0 Å². The third-order valence-electron chi connectivity index (χ3n) is 2.66. The zero-order valence-corrected chi connectivity index (χ0v) is 13.1. The van der Waals surface area contributed by atoms with Crippen LogP contribution in [-0.4, -0.2) is 14.8 Å². The average Bonchev–Trinajstić information content (AvgIpc) is 2.76. The molecule has 1 aromatic heterocycles. The Morgan fingerprint density at radius 3 is 3.00 bits per heavy atom. The van der Waals surface area contributed by atoms with Gasteiger partial charge >= 0.3 is 0 Å². The predicted octanol–water partition coefficient (Wildman–Crippen LogP) is 4.57. The topological polar surface area (TPSA) is 42.8 Å². The number of H-pyrrole nitrogens is 1. The van der Waals surface area contributed by atoms with Crippen molar-refractivity contribution in [2.45, 2.75) is 19.6 Å². The first kappa shape index (κ1) is 15.1. The first-order valence-corrected chi connectivity index (χ1v) is 7.07. The number of benzene rings is 1. The van der Waals surface area contributed by atoms with Gasteiger partial charge in [-0.05, 0) is 31.3 Å². The second-order valence-electron chi connectivity index (χ2n) is 4.12. The summed E-state index contributed by atoms with van der Waals surface area (Å²) >= 11 is 17.2. The van der Waals surface area contributed by atoms with Gasteiger partial charge in [-0.25, -0.2) is 0 Å². The average molecular weight is 330 g/mol. The normalized spacial score (nSPS) is 12.2. The molecule has 0 amide bonds. The molecule has 0 fully saturated rings. The summed E-state index contributed by atoms with van der Waals surface area (Å²) in [5.41, 5.74) is 0. The summed E-state index contributed by atoms with van der Waals surface area (Å²) in [4.78, 5) is 0. The number of aromatic amines is 1. The lowest BCUT2D eigenvalue weighted by atomic mass is 10.3. The zero-order chi connectivity index (χ0) is 14.7. The molecule has 1 atom stereocenters. The molecule has 2 rings (SSSR count). The largest absolute Gasteiger partial charge is 0.481 e. The lowest BCUT2D eigenvalue weighted by Gasteiger charge is -2.16. The van der Waals surface area contributed by atoms with Crippen LogP contribution in [0.4, 0.5) is 0 Å². The fourth-order valence-electron chi connectivity index (χ4n) is 1.76. The first-order chi connectivity index (χ1) is 9.52. The molecule has 7 heteroatoms. The van der Waals surface area contributed by atoms with E-state index in [1.165, 1.54) is 0 Å².